The molecule has 0 aromatic rings. The lowest BCUT2D eigenvalue weighted by molar-refractivity contribution is 0.348. The summed E-state index contributed by atoms with van der Waals surface area (Å²) in [6, 6.07) is 0. The molecule has 1 N–H and O–H groups in total. The van der Waals surface area contributed by atoms with Crippen LogP contribution in [0.4, 0.5) is 0 Å². The molecular weight excluding hydrogens is 152 g/mol. The van der Waals surface area contributed by atoms with Gasteiger partial charge in [-0.25, -0.2) is 8.42 Å². The van der Waals surface area contributed by atoms with Crippen molar-refractivity contribution in [3.63, 3.8) is 0 Å². The smallest absolute Gasteiger partial charge is 0.238 e. The predicted octanol–water partition coefficient (Wildman–Crippen LogP) is -0.102. The SMILES string of the molecule is CCN(CC)CS([NH])(=O)=O. The fraction of sp³-hybridized carbons (Fsp3) is 1.00. The van der Waals surface area contributed by atoms with Crippen LogP contribution in [0.25, 0.3) is 0 Å². The molecule has 0 aliphatic carbocycles. The Kier molecular flexibility index (Phi) is 3.85. The molecule has 0 aromatic heterocycles. The zero-order valence-electron chi connectivity index (χ0n) is 6.29. The van der Waals surface area contributed by atoms with Gasteiger partial charge >= 0.3 is 0 Å². The van der Waals surface area contributed by atoms with Crippen LogP contribution in [-0.4, -0.2) is 32.3 Å². The van der Waals surface area contributed by atoms with Crippen LogP contribution in [0.5, 0.6) is 0 Å². The van der Waals surface area contributed by atoms with Gasteiger partial charge in [-0.15, -0.1) is 5.14 Å². The maximum atomic E-state index is 10.4. The predicted molar refractivity (Wildman–Crippen MR) is 39.8 cm³/mol. The van der Waals surface area contributed by atoms with Gasteiger partial charge in [-0.1, -0.05) is 13.8 Å². The Bertz CT molecular complexity index is 172. The fourth-order valence-corrected chi connectivity index (χ4v) is 1.49. The van der Waals surface area contributed by atoms with Crippen LogP contribution < -0.4 is 5.14 Å². The summed E-state index contributed by atoms with van der Waals surface area (Å²) >= 11 is 0. The average molecular weight is 165 g/mol. The highest BCUT2D eigenvalue weighted by atomic mass is 32.2. The van der Waals surface area contributed by atoms with Crippen LogP contribution >= 0.6 is 0 Å². The molecule has 0 saturated carbocycles. The Morgan fingerprint density at radius 2 is 1.70 bits per heavy atom. The number of rotatable bonds is 4. The first-order chi connectivity index (χ1) is 4.49. The fourth-order valence-electron chi connectivity index (χ4n) is 0.647. The van der Waals surface area contributed by atoms with Gasteiger partial charge in [0.15, 0.2) is 0 Å². The highest BCUT2D eigenvalue weighted by molar-refractivity contribution is 7.88. The van der Waals surface area contributed by atoms with Gasteiger partial charge in [-0.05, 0) is 13.1 Å². The number of sulfonamides is 1. The minimum absolute atomic E-state index is 0.153. The summed E-state index contributed by atoms with van der Waals surface area (Å²) in [6.45, 7) is 5.09. The van der Waals surface area contributed by atoms with E-state index in [1.807, 2.05) is 13.8 Å². The molecule has 0 amide bonds. The molecule has 0 aromatic carbocycles. The summed E-state index contributed by atoms with van der Waals surface area (Å²) in [4.78, 5) is 1.68. The lowest BCUT2D eigenvalue weighted by Crippen LogP contribution is -2.29. The minimum Gasteiger partial charge on any atom is -0.289 e. The van der Waals surface area contributed by atoms with Gasteiger partial charge in [0.25, 0.3) is 0 Å². The second-order valence-electron chi connectivity index (χ2n) is 2.05. The molecule has 0 atom stereocenters. The van der Waals surface area contributed by atoms with Gasteiger partial charge in [0.1, 0.15) is 5.88 Å². The van der Waals surface area contributed by atoms with E-state index in [-0.39, 0.29) is 5.88 Å². The Balaban J connectivity index is 3.87. The second kappa shape index (κ2) is 3.90. The highest BCUT2D eigenvalue weighted by Gasteiger charge is 2.08. The third-order valence-corrected chi connectivity index (χ3v) is 1.95. The van der Waals surface area contributed by atoms with Crippen molar-refractivity contribution in [1.82, 2.24) is 10.0 Å². The van der Waals surface area contributed by atoms with Gasteiger partial charge in [-0.2, -0.15) is 0 Å². The van der Waals surface area contributed by atoms with Crippen molar-refractivity contribution < 1.29 is 8.42 Å². The van der Waals surface area contributed by atoms with Gasteiger partial charge in [0.2, 0.25) is 10.0 Å². The normalized spacial score (nSPS) is 12.4. The molecule has 0 aliphatic rings. The molecule has 0 bridgehead atoms. The third kappa shape index (κ3) is 4.72. The zero-order chi connectivity index (χ0) is 8.20. The molecule has 0 spiro atoms. The number of hydrogen-bond acceptors (Lipinski definition) is 3. The van der Waals surface area contributed by atoms with E-state index in [1.165, 1.54) is 0 Å². The molecule has 4 nitrogen and oxygen atoms in total. The van der Waals surface area contributed by atoms with Crippen LogP contribution in [0.15, 0.2) is 0 Å². The van der Waals surface area contributed by atoms with E-state index in [4.69, 9.17) is 5.14 Å². The first-order valence-corrected chi connectivity index (χ1v) is 4.84. The molecule has 0 heterocycles. The first kappa shape index (κ1) is 9.87. The number of hydrogen-bond donors (Lipinski definition) is 0. The first-order valence-electron chi connectivity index (χ1n) is 3.19. The van der Waals surface area contributed by atoms with Crippen LogP contribution in [0.2, 0.25) is 0 Å². The summed E-state index contributed by atoms with van der Waals surface area (Å²) < 4.78 is 20.8. The molecule has 10 heavy (non-hydrogen) atoms. The number of nitrogens with zero attached hydrogens (tertiary/aromatic N) is 1. The second-order valence-corrected chi connectivity index (χ2v) is 3.53. The number of nitrogens with one attached hydrogen (secondary N) is 1. The summed E-state index contributed by atoms with van der Waals surface area (Å²) in [5.74, 6) is -0.153. The standard InChI is InChI=1S/C5H13N2O2S/c1-3-7(4-2)5-10(6,8)9/h6H,3-5H2,1-2H3. The highest BCUT2D eigenvalue weighted by Crippen LogP contribution is 1.90. The Labute approximate surface area is 62.1 Å². The van der Waals surface area contributed by atoms with Crippen LogP contribution in [0, 0.1) is 0 Å². The molecule has 1 radical (unpaired) electrons. The monoisotopic (exact) mass is 165 g/mol. The van der Waals surface area contributed by atoms with Gasteiger partial charge in [0.05, 0.1) is 0 Å². The Morgan fingerprint density at radius 1 is 1.30 bits per heavy atom. The lowest BCUT2D eigenvalue weighted by Gasteiger charge is -2.14. The average Bonchev–Trinajstić information content (AvgIpc) is 1.81. The molecular formula is C5H13N2O2S. The van der Waals surface area contributed by atoms with Crippen molar-refractivity contribution in [2.75, 3.05) is 19.0 Å². The Morgan fingerprint density at radius 3 is 1.80 bits per heavy atom. The van der Waals surface area contributed by atoms with Gasteiger partial charge in [-0.3, -0.25) is 4.90 Å². The molecule has 0 rings (SSSR count). The van der Waals surface area contributed by atoms with Crippen molar-refractivity contribution in [3.8, 4) is 0 Å². The van der Waals surface area contributed by atoms with E-state index in [1.54, 1.807) is 4.90 Å². The summed E-state index contributed by atoms with van der Waals surface area (Å²) in [7, 11) is -3.57. The van der Waals surface area contributed by atoms with Gasteiger partial charge in [0, 0.05) is 0 Å². The van der Waals surface area contributed by atoms with Crippen LogP contribution in [0.3, 0.4) is 0 Å². The lowest BCUT2D eigenvalue weighted by atomic mass is 10.6. The summed E-state index contributed by atoms with van der Waals surface area (Å²) in [6.07, 6.45) is 0. The Hall–Kier alpha value is -0.130. The maximum Gasteiger partial charge on any atom is 0.238 e. The van der Waals surface area contributed by atoms with E-state index in [0.29, 0.717) is 13.1 Å². The van der Waals surface area contributed by atoms with E-state index in [9.17, 15) is 8.42 Å². The molecule has 5 heteroatoms. The third-order valence-electron chi connectivity index (χ3n) is 1.25. The molecule has 61 valence electrons. The van der Waals surface area contributed by atoms with E-state index in [0.717, 1.165) is 0 Å². The zero-order valence-corrected chi connectivity index (χ0v) is 7.11. The van der Waals surface area contributed by atoms with Crippen molar-refractivity contribution in [2.24, 2.45) is 0 Å². The molecule has 0 saturated heterocycles. The largest absolute Gasteiger partial charge is 0.289 e. The van der Waals surface area contributed by atoms with Crippen molar-refractivity contribution in [3.05, 3.63) is 0 Å². The molecule has 0 fully saturated rings. The molecule has 0 unspecified atom stereocenters. The van der Waals surface area contributed by atoms with E-state index >= 15 is 0 Å². The maximum absolute atomic E-state index is 10.4. The van der Waals surface area contributed by atoms with E-state index < -0.39 is 10.0 Å². The summed E-state index contributed by atoms with van der Waals surface area (Å²) in [5, 5.41) is 6.60. The summed E-state index contributed by atoms with van der Waals surface area (Å²) in [5.41, 5.74) is 0. The minimum atomic E-state index is -3.57. The van der Waals surface area contributed by atoms with Crippen molar-refractivity contribution in [2.45, 2.75) is 13.8 Å². The quantitative estimate of drug-likeness (QED) is 0.584. The van der Waals surface area contributed by atoms with Crippen LogP contribution in [0.1, 0.15) is 13.8 Å². The van der Waals surface area contributed by atoms with E-state index in [2.05, 4.69) is 0 Å². The van der Waals surface area contributed by atoms with Crippen LogP contribution in [-0.2, 0) is 10.0 Å². The van der Waals surface area contributed by atoms with Crippen molar-refractivity contribution in [1.29, 1.82) is 0 Å². The van der Waals surface area contributed by atoms with Gasteiger partial charge < -0.3 is 0 Å². The topological polar surface area (TPSA) is 61.2 Å². The molecule has 0 aliphatic heterocycles. The van der Waals surface area contributed by atoms with Crippen molar-refractivity contribution >= 4 is 10.0 Å².